The van der Waals surface area contributed by atoms with Crippen molar-refractivity contribution in [1.82, 2.24) is 9.97 Å². The average Bonchev–Trinajstić information content (AvgIpc) is 2.66. The van der Waals surface area contributed by atoms with Crippen LogP contribution in [0, 0.1) is 13.8 Å². The minimum absolute atomic E-state index is 0.203. The van der Waals surface area contributed by atoms with Gasteiger partial charge in [-0.25, -0.2) is 9.97 Å². The van der Waals surface area contributed by atoms with Crippen molar-refractivity contribution in [2.45, 2.75) is 27.2 Å². The van der Waals surface area contributed by atoms with Gasteiger partial charge in [-0.2, -0.15) is 0 Å². The average molecular weight is 388 g/mol. The Bertz CT molecular complexity index is 1010. The van der Waals surface area contributed by atoms with E-state index in [0.29, 0.717) is 17.4 Å². The zero-order valence-electron chi connectivity index (χ0n) is 16.8. The highest BCUT2D eigenvalue weighted by Crippen LogP contribution is 2.24. The van der Waals surface area contributed by atoms with Crippen LogP contribution in [0.5, 0.6) is 11.6 Å². The number of ether oxygens (including phenoxy) is 1. The lowest BCUT2D eigenvalue weighted by atomic mass is 9.99. The van der Waals surface area contributed by atoms with E-state index >= 15 is 0 Å². The Morgan fingerprint density at radius 3 is 2.38 bits per heavy atom. The van der Waals surface area contributed by atoms with Crippen molar-refractivity contribution < 1.29 is 9.53 Å². The van der Waals surface area contributed by atoms with E-state index in [1.807, 2.05) is 24.3 Å². The summed E-state index contributed by atoms with van der Waals surface area (Å²) >= 11 is 0. The van der Waals surface area contributed by atoms with Crippen molar-refractivity contribution in [2.24, 2.45) is 0 Å². The molecule has 2 aromatic carbocycles. The van der Waals surface area contributed by atoms with Crippen LogP contribution in [0.1, 0.15) is 23.6 Å². The van der Waals surface area contributed by atoms with Gasteiger partial charge in [0.05, 0.1) is 0 Å². The molecule has 0 saturated heterocycles. The zero-order valence-corrected chi connectivity index (χ0v) is 16.8. The Morgan fingerprint density at radius 2 is 1.72 bits per heavy atom. The number of carbonyl (C=O) groups excluding carboxylic acids is 1. The van der Waals surface area contributed by atoms with Gasteiger partial charge in [0.1, 0.15) is 17.9 Å². The van der Waals surface area contributed by atoms with E-state index in [4.69, 9.17) is 4.74 Å². The van der Waals surface area contributed by atoms with Crippen LogP contribution in [-0.4, -0.2) is 15.9 Å². The quantitative estimate of drug-likeness (QED) is 0.595. The van der Waals surface area contributed by atoms with Crippen molar-refractivity contribution in [2.75, 3.05) is 10.6 Å². The fourth-order valence-electron chi connectivity index (χ4n) is 2.96. The maximum atomic E-state index is 11.1. The number of nitrogens with one attached hydrogen (secondary N) is 2. The molecule has 1 aromatic heterocycles. The molecule has 29 heavy (non-hydrogen) atoms. The maximum absolute atomic E-state index is 11.1. The summed E-state index contributed by atoms with van der Waals surface area (Å²) < 4.78 is 5.74. The van der Waals surface area contributed by atoms with Crippen LogP contribution in [0.25, 0.3) is 0 Å². The number of hydrogen-bond acceptors (Lipinski definition) is 5. The standard InChI is InChI=1S/C23H24N4O2/c1-15-6-5-7-16(2)21(15)12-17(3)26-19-8-10-20(11-9-19)29-23-13-22(24-14-25-23)27-18(4)28/h5-11,13-14,26H,3,12H2,1-2,4H3,(H,24,25,27,28). The van der Waals surface area contributed by atoms with Crippen molar-refractivity contribution in [3.8, 4) is 11.6 Å². The minimum Gasteiger partial charge on any atom is -0.439 e. The molecule has 0 spiro atoms. The molecule has 1 amide bonds. The first-order chi connectivity index (χ1) is 13.9. The maximum Gasteiger partial charge on any atom is 0.224 e. The summed E-state index contributed by atoms with van der Waals surface area (Å²) in [6.45, 7) is 9.81. The van der Waals surface area contributed by atoms with Gasteiger partial charge >= 0.3 is 0 Å². The molecular formula is C23H24N4O2. The highest BCUT2D eigenvalue weighted by molar-refractivity contribution is 5.87. The van der Waals surface area contributed by atoms with Gasteiger partial charge in [-0.1, -0.05) is 24.8 Å². The molecule has 0 aliphatic rings. The number of hydrogen-bond donors (Lipinski definition) is 2. The van der Waals surface area contributed by atoms with Crippen molar-refractivity contribution in [1.29, 1.82) is 0 Å². The number of aromatic nitrogens is 2. The number of anilines is 2. The van der Waals surface area contributed by atoms with E-state index in [2.05, 4.69) is 59.2 Å². The van der Waals surface area contributed by atoms with Crippen LogP contribution in [0.2, 0.25) is 0 Å². The number of carbonyl (C=O) groups is 1. The monoisotopic (exact) mass is 388 g/mol. The second-order valence-electron chi connectivity index (χ2n) is 6.82. The van der Waals surface area contributed by atoms with E-state index in [9.17, 15) is 4.79 Å². The van der Waals surface area contributed by atoms with Crippen molar-refractivity contribution in [3.05, 3.63) is 83.8 Å². The van der Waals surface area contributed by atoms with Gasteiger partial charge in [0.15, 0.2) is 0 Å². The molecule has 6 nitrogen and oxygen atoms in total. The second kappa shape index (κ2) is 9.01. The number of rotatable bonds is 7. The third kappa shape index (κ3) is 5.65. The van der Waals surface area contributed by atoms with Crippen LogP contribution in [-0.2, 0) is 11.2 Å². The predicted molar refractivity (Wildman–Crippen MR) is 115 cm³/mol. The van der Waals surface area contributed by atoms with E-state index < -0.39 is 0 Å². The fraction of sp³-hybridized carbons (Fsp3) is 0.174. The first-order valence-electron chi connectivity index (χ1n) is 9.28. The summed E-state index contributed by atoms with van der Waals surface area (Å²) in [7, 11) is 0. The molecule has 148 valence electrons. The molecule has 0 aliphatic carbocycles. The molecule has 0 unspecified atom stereocenters. The smallest absolute Gasteiger partial charge is 0.224 e. The second-order valence-corrected chi connectivity index (χ2v) is 6.82. The lowest BCUT2D eigenvalue weighted by Crippen LogP contribution is -2.07. The Balaban J connectivity index is 1.61. The molecule has 2 N–H and O–H groups in total. The van der Waals surface area contributed by atoms with E-state index in [-0.39, 0.29) is 5.91 Å². The van der Waals surface area contributed by atoms with Gasteiger partial charge in [0.2, 0.25) is 11.8 Å². The molecule has 3 aromatic rings. The van der Waals surface area contributed by atoms with Crippen LogP contribution in [0.4, 0.5) is 11.5 Å². The lowest BCUT2D eigenvalue weighted by molar-refractivity contribution is -0.114. The van der Waals surface area contributed by atoms with Crippen molar-refractivity contribution >= 4 is 17.4 Å². The summed E-state index contributed by atoms with van der Waals surface area (Å²) in [6.07, 6.45) is 2.11. The van der Waals surface area contributed by atoms with Crippen molar-refractivity contribution in [3.63, 3.8) is 0 Å². The fourth-order valence-corrected chi connectivity index (χ4v) is 2.96. The van der Waals surface area contributed by atoms with Gasteiger partial charge in [-0.05, 0) is 54.8 Å². The van der Waals surface area contributed by atoms with Gasteiger partial charge in [0.25, 0.3) is 0 Å². The van der Waals surface area contributed by atoms with Crippen LogP contribution < -0.4 is 15.4 Å². The SMILES string of the molecule is C=C(Cc1c(C)cccc1C)Nc1ccc(Oc2cc(NC(C)=O)ncn2)cc1. The largest absolute Gasteiger partial charge is 0.439 e. The number of nitrogens with zero attached hydrogens (tertiary/aromatic N) is 2. The molecule has 0 radical (unpaired) electrons. The molecule has 0 saturated carbocycles. The van der Waals surface area contributed by atoms with Gasteiger partial charge in [0, 0.05) is 30.8 Å². The minimum atomic E-state index is -0.203. The number of benzene rings is 2. The first kappa shape index (κ1) is 20.1. The summed E-state index contributed by atoms with van der Waals surface area (Å²) in [5, 5.41) is 5.94. The van der Waals surface area contributed by atoms with E-state index in [0.717, 1.165) is 17.8 Å². The lowest BCUT2D eigenvalue weighted by Gasteiger charge is -2.14. The van der Waals surface area contributed by atoms with Crippen LogP contribution in [0.3, 0.4) is 0 Å². The zero-order chi connectivity index (χ0) is 20.8. The van der Waals surface area contributed by atoms with Crippen LogP contribution >= 0.6 is 0 Å². The first-order valence-corrected chi connectivity index (χ1v) is 9.28. The molecular weight excluding hydrogens is 364 g/mol. The molecule has 6 heteroatoms. The number of allylic oxidation sites excluding steroid dienone is 1. The predicted octanol–water partition coefficient (Wildman–Crippen LogP) is 5.01. The third-order valence-corrected chi connectivity index (χ3v) is 4.38. The normalized spacial score (nSPS) is 10.3. The topological polar surface area (TPSA) is 76.1 Å². The summed E-state index contributed by atoms with van der Waals surface area (Å²) in [4.78, 5) is 19.2. The highest BCUT2D eigenvalue weighted by Gasteiger charge is 2.06. The highest BCUT2D eigenvalue weighted by atomic mass is 16.5. The van der Waals surface area contributed by atoms with E-state index in [1.165, 1.54) is 29.9 Å². The molecule has 0 atom stereocenters. The summed E-state index contributed by atoms with van der Waals surface area (Å²) in [5.41, 5.74) is 5.67. The Morgan fingerprint density at radius 1 is 1.03 bits per heavy atom. The van der Waals surface area contributed by atoms with Gasteiger partial charge in [-0.15, -0.1) is 0 Å². The summed E-state index contributed by atoms with van der Waals surface area (Å²) in [6, 6.07) is 15.4. The molecule has 0 bridgehead atoms. The Hall–Kier alpha value is -3.67. The van der Waals surface area contributed by atoms with E-state index in [1.54, 1.807) is 6.07 Å². The van der Waals surface area contributed by atoms with Gasteiger partial charge in [-0.3, -0.25) is 4.79 Å². The molecule has 3 rings (SSSR count). The van der Waals surface area contributed by atoms with Gasteiger partial charge < -0.3 is 15.4 Å². The van der Waals surface area contributed by atoms with Crippen LogP contribution in [0.15, 0.2) is 67.1 Å². The number of amides is 1. The molecule has 0 aliphatic heterocycles. The Kier molecular flexibility index (Phi) is 6.24. The number of aryl methyl sites for hydroxylation is 2. The summed E-state index contributed by atoms with van der Waals surface area (Å²) in [5.74, 6) is 1.17. The third-order valence-electron chi connectivity index (χ3n) is 4.38. The Labute approximate surface area is 170 Å². The molecule has 0 fully saturated rings. The molecule has 1 heterocycles.